The highest BCUT2D eigenvalue weighted by Gasteiger charge is 2.53. The first-order valence-corrected chi connectivity index (χ1v) is 12.9. The van der Waals surface area contributed by atoms with E-state index in [-0.39, 0.29) is 17.2 Å². The second-order valence-corrected chi connectivity index (χ2v) is 10.2. The van der Waals surface area contributed by atoms with Gasteiger partial charge in [0.15, 0.2) is 0 Å². The predicted molar refractivity (Wildman–Crippen MR) is 138 cm³/mol. The maximum atomic E-state index is 13.5. The number of nitrogens with one attached hydrogen (secondary N) is 1. The Bertz CT molecular complexity index is 1110. The van der Waals surface area contributed by atoms with Gasteiger partial charge < -0.3 is 16.0 Å². The molecular weight excluding hydrogens is 434 g/mol. The Kier molecular flexibility index (Phi) is 6.61. The van der Waals surface area contributed by atoms with Gasteiger partial charge in [-0.1, -0.05) is 78.9 Å². The fourth-order valence-corrected chi connectivity index (χ4v) is 5.62. The van der Waals surface area contributed by atoms with E-state index < -0.39 is 5.54 Å². The van der Waals surface area contributed by atoms with Crippen LogP contribution >= 0.6 is 0 Å². The zero-order valence-corrected chi connectivity index (χ0v) is 20.3. The number of likely N-dealkylation sites (tertiary alicyclic amines) is 1. The van der Waals surface area contributed by atoms with Crippen molar-refractivity contribution in [2.45, 2.75) is 49.5 Å². The van der Waals surface area contributed by atoms with Crippen LogP contribution in [0.5, 0.6) is 0 Å². The molecule has 5 heteroatoms. The van der Waals surface area contributed by atoms with Crippen molar-refractivity contribution in [2.24, 2.45) is 11.7 Å². The van der Waals surface area contributed by atoms with Gasteiger partial charge in [-0.3, -0.25) is 9.59 Å². The minimum atomic E-state index is -1.17. The van der Waals surface area contributed by atoms with Gasteiger partial charge in [0.05, 0.1) is 5.41 Å². The number of amides is 2. The van der Waals surface area contributed by atoms with Crippen LogP contribution < -0.4 is 11.1 Å². The molecule has 2 amide bonds. The molecule has 2 aromatic rings. The Morgan fingerprint density at radius 3 is 2.26 bits per heavy atom. The number of rotatable bonds is 7. The topological polar surface area (TPSA) is 75.4 Å². The maximum Gasteiger partial charge on any atom is 0.249 e. The summed E-state index contributed by atoms with van der Waals surface area (Å²) in [7, 11) is 0. The van der Waals surface area contributed by atoms with E-state index in [4.69, 9.17) is 5.73 Å². The van der Waals surface area contributed by atoms with Crippen molar-refractivity contribution in [1.29, 1.82) is 0 Å². The summed E-state index contributed by atoms with van der Waals surface area (Å²) in [5.41, 5.74) is 8.29. The number of carbonyl (C=O) groups is 2. The molecular formula is C30H35N3O2. The molecule has 0 bridgehead atoms. The molecule has 0 radical (unpaired) electrons. The van der Waals surface area contributed by atoms with Crippen molar-refractivity contribution < 1.29 is 9.59 Å². The quantitative estimate of drug-likeness (QED) is 0.638. The number of nitrogens with zero attached hydrogens (tertiary/aromatic N) is 1. The molecule has 3 aliphatic rings. The van der Waals surface area contributed by atoms with E-state index in [1.54, 1.807) is 0 Å². The fourth-order valence-electron chi connectivity index (χ4n) is 5.62. The third-order valence-corrected chi connectivity index (χ3v) is 8.05. The zero-order valence-electron chi connectivity index (χ0n) is 20.3. The molecule has 3 N–H and O–H groups in total. The highest BCUT2D eigenvalue weighted by Crippen LogP contribution is 2.49. The average molecular weight is 470 g/mol. The normalized spacial score (nSPS) is 21.1. The Labute approximate surface area is 208 Å². The molecule has 0 spiro atoms. The standard InChI is InChI=1S/C30H35N3O2/c31-30(25-12-6-2-7-13-25,26-14-8-3-9-15-26)27(34)32-22-23-16-20-33(21-17-23)28(35)29(18-19-29)24-10-4-1-5-11-24/h1-8,10-14,23H,9,15-22,31H2,(H,32,34). The first-order chi connectivity index (χ1) is 17.0. The molecule has 5 nitrogen and oxygen atoms in total. The molecule has 1 unspecified atom stereocenters. The van der Waals surface area contributed by atoms with Crippen LogP contribution in [0.4, 0.5) is 0 Å². The van der Waals surface area contributed by atoms with Gasteiger partial charge >= 0.3 is 0 Å². The van der Waals surface area contributed by atoms with Gasteiger partial charge in [-0.2, -0.15) is 0 Å². The Balaban J connectivity index is 1.20. The van der Waals surface area contributed by atoms with Gasteiger partial charge in [0.1, 0.15) is 5.54 Å². The summed E-state index contributed by atoms with van der Waals surface area (Å²) >= 11 is 0. The number of hydrogen-bond acceptors (Lipinski definition) is 3. The van der Waals surface area contributed by atoms with Gasteiger partial charge in [-0.25, -0.2) is 0 Å². The number of piperidine rings is 1. The molecule has 182 valence electrons. The number of nitrogens with two attached hydrogens (primary N) is 1. The van der Waals surface area contributed by atoms with Crippen LogP contribution in [0, 0.1) is 5.92 Å². The third kappa shape index (κ3) is 4.57. The van der Waals surface area contributed by atoms with E-state index in [9.17, 15) is 9.59 Å². The third-order valence-electron chi connectivity index (χ3n) is 8.05. The minimum absolute atomic E-state index is 0.148. The zero-order chi connectivity index (χ0) is 24.3. The summed E-state index contributed by atoms with van der Waals surface area (Å²) in [6.07, 6.45) is 11.4. The van der Waals surface area contributed by atoms with Gasteiger partial charge in [0.25, 0.3) is 0 Å². The lowest BCUT2D eigenvalue weighted by Crippen LogP contribution is -2.54. The Hall–Kier alpha value is -3.18. The van der Waals surface area contributed by atoms with Gasteiger partial charge in [0.2, 0.25) is 11.8 Å². The van der Waals surface area contributed by atoms with Gasteiger partial charge in [-0.05, 0) is 61.1 Å². The largest absolute Gasteiger partial charge is 0.354 e. The molecule has 0 aromatic heterocycles. The molecule has 2 fully saturated rings. The van der Waals surface area contributed by atoms with Crippen molar-refractivity contribution in [3.8, 4) is 0 Å². The van der Waals surface area contributed by atoms with Crippen LogP contribution in [-0.4, -0.2) is 36.3 Å². The molecule has 1 saturated heterocycles. The molecule has 5 rings (SSSR count). The second-order valence-electron chi connectivity index (χ2n) is 10.2. The van der Waals surface area contributed by atoms with E-state index in [0.29, 0.717) is 12.5 Å². The van der Waals surface area contributed by atoms with Gasteiger partial charge in [0, 0.05) is 19.6 Å². The smallest absolute Gasteiger partial charge is 0.249 e. The van der Waals surface area contributed by atoms with E-state index in [2.05, 4.69) is 23.5 Å². The molecule has 1 heterocycles. The molecule has 2 aromatic carbocycles. The van der Waals surface area contributed by atoms with E-state index in [1.165, 1.54) is 0 Å². The van der Waals surface area contributed by atoms with Crippen molar-refractivity contribution >= 4 is 11.8 Å². The first kappa shape index (κ1) is 23.6. The summed E-state index contributed by atoms with van der Waals surface area (Å²) in [5, 5.41) is 3.17. The van der Waals surface area contributed by atoms with Gasteiger partial charge in [-0.15, -0.1) is 0 Å². The fraction of sp³-hybridized carbons (Fsp3) is 0.400. The summed E-state index contributed by atoms with van der Waals surface area (Å²) in [6, 6.07) is 19.9. The first-order valence-electron chi connectivity index (χ1n) is 12.9. The summed E-state index contributed by atoms with van der Waals surface area (Å²) < 4.78 is 0. The number of benzene rings is 2. The Morgan fingerprint density at radius 2 is 1.66 bits per heavy atom. The van der Waals surface area contributed by atoms with Crippen molar-refractivity contribution in [2.75, 3.05) is 19.6 Å². The maximum absolute atomic E-state index is 13.5. The molecule has 2 aliphatic carbocycles. The second kappa shape index (κ2) is 9.82. The Morgan fingerprint density at radius 1 is 1.00 bits per heavy atom. The highest BCUT2D eigenvalue weighted by atomic mass is 16.2. The average Bonchev–Trinajstić information content (AvgIpc) is 3.75. The summed E-state index contributed by atoms with van der Waals surface area (Å²) in [4.78, 5) is 28.9. The van der Waals surface area contributed by atoms with E-state index in [0.717, 1.165) is 68.3 Å². The van der Waals surface area contributed by atoms with Crippen LogP contribution in [0.2, 0.25) is 0 Å². The monoisotopic (exact) mass is 469 g/mol. The van der Waals surface area contributed by atoms with Crippen LogP contribution in [0.1, 0.15) is 49.7 Å². The van der Waals surface area contributed by atoms with E-state index >= 15 is 0 Å². The number of allylic oxidation sites excluding steroid dienone is 3. The van der Waals surface area contributed by atoms with Crippen molar-refractivity contribution in [3.63, 3.8) is 0 Å². The highest BCUT2D eigenvalue weighted by molar-refractivity contribution is 5.92. The molecule has 1 saturated carbocycles. The molecule has 1 atom stereocenters. The SMILES string of the molecule is NC(C(=O)NCC1CCN(C(=O)C2(c3ccccc3)CC2)CC1)(C1=CC=CCC1)c1ccccc1. The summed E-state index contributed by atoms with van der Waals surface area (Å²) in [6.45, 7) is 2.08. The lowest BCUT2D eigenvalue weighted by molar-refractivity contribution is -0.135. The van der Waals surface area contributed by atoms with E-state index in [1.807, 2.05) is 65.6 Å². The van der Waals surface area contributed by atoms with Crippen LogP contribution in [0.15, 0.2) is 84.5 Å². The van der Waals surface area contributed by atoms with Crippen LogP contribution in [-0.2, 0) is 20.5 Å². The molecule has 1 aliphatic heterocycles. The number of carbonyl (C=O) groups excluding carboxylic acids is 2. The lowest BCUT2D eigenvalue weighted by atomic mass is 9.79. The number of hydrogen-bond donors (Lipinski definition) is 2. The van der Waals surface area contributed by atoms with Crippen molar-refractivity contribution in [1.82, 2.24) is 10.2 Å². The predicted octanol–water partition coefficient (Wildman–Crippen LogP) is 4.20. The summed E-state index contributed by atoms with van der Waals surface area (Å²) in [5.74, 6) is 0.466. The molecule has 35 heavy (non-hydrogen) atoms. The van der Waals surface area contributed by atoms with Crippen LogP contribution in [0.3, 0.4) is 0 Å². The minimum Gasteiger partial charge on any atom is -0.354 e. The van der Waals surface area contributed by atoms with Crippen LogP contribution in [0.25, 0.3) is 0 Å². The van der Waals surface area contributed by atoms with Crippen molar-refractivity contribution in [3.05, 3.63) is 95.6 Å². The lowest BCUT2D eigenvalue weighted by Gasteiger charge is -2.36.